The molecule has 1 aromatic heterocycles. The molecule has 26 heavy (non-hydrogen) atoms. The van der Waals surface area contributed by atoms with E-state index in [1.54, 1.807) is 13.4 Å². The fraction of sp³-hybridized carbons (Fsp3) is 0.722. The van der Waals surface area contributed by atoms with Crippen molar-refractivity contribution >= 4 is 40.7 Å². The zero-order valence-corrected chi connectivity index (χ0v) is 18.9. The normalized spacial score (nSPS) is 21.7. The third kappa shape index (κ3) is 8.39. The van der Waals surface area contributed by atoms with E-state index in [1.807, 2.05) is 19.1 Å². The van der Waals surface area contributed by atoms with E-state index in [-0.39, 0.29) is 24.0 Å². The quantitative estimate of drug-likeness (QED) is 0.238. The van der Waals surface area contributed by atoms with Crippen molar-refractivity contribution in [3.63, 3.8) is 0 Å². The minimum Gasteiger partial charge on any atom is -0.469 e. The summed E-state index contributed by atoms with van der Waals surface area (Å²) in [6, 6.07) is 4.20. The first-order valence-electron chi connectivity index (χ1n) is 9.16. The number of guanidine groups is 1. The second-order valence-corrected chi connectivity index (χ2v) is 8.28. The molecule has 1 saturated carbocycles. The highest BCUT2D eigenvalue weighted by molar-refractivity contribution is 14.0. The SMILES string of the molecule is CCS(=O)C1CCCC(NC(=NCCOC)NCCc2ccco2)C1.I. The van der Waals surface area contributed by atoms with Crippen LogP contribution in [0.2, 0.25) is 0 Å². The van der Waals surface area contributed by atoms with Crippen molar-refractivity contribution in [2.45, 2.75) is 50.3 Å². The summed E-state index contributed by atoms with van der Waals surface area (Å²) in [5, 5.41) is 7.20. The number of ether oxygens (including phenoxy) is 1. The van der Waals surface area contributed by atoms with Crippen LogP contribution in [0.15, 0.2) is 27.8 Å². The minimum atomic E-state index is -0.714. The van der Waals surface area contributed by atoms with Gasteiger partial charge < -0.3 is 19.8 Å². The fourth-order valence-corrected chi connectivity index (χ4v) is 4.45. The van der Waals surface area contributed by atoms with Gasteiger partial charge >= 0.3 is 0 Å². The Morgan fingerprint density at radius 2 is 2.31 bits per heavy atom. The average Bonchev–Trinajstić information content (AvgIpc) is 3.14. The molecular weight excluding hydrogens is 465 g/mol. The Morgan fingerprint density at radius 3 is 3.00 bits per heavy atom. The third-order valence-corrected chi connectivity index (χ3v) is 6.17. The summed E-state index contributed by atoms with van der Waals surface area (Å²) in [4.78, 5) is 4.58. The zero-order valence-electron chi connectivity index (χ0n) is 15.7. The minimum absolute atomic E-state index is 0. The van der Waals surface area contributed by atoms with Crippen LogP contribution in [-0.4, -0.2) is 54.0 Å². The van der Waals surface area contributed by atoms with Crippen LogP contribution in [0.5, 0.6) is 0 Å². The van der Waals surface area contributed by atoms with Crippen LogP contribution in [0.3, 0.4) is 0 Å². The Balaban J connectivity index is 0.00000338. The first-order chi connectivity index (χ1) is 12.2. The van der Waals surface area contributed by atoms with Crippen LogP contribution < -0.4 is 10.6 Å². The number of nitrogens with zero attached hydrogens (tertiary/aromatic N) is 1. The molecule has 3 atom stereocenters. The van der Waals surface area contributed by atoms with Gasteiger partial charge in [0.1, 0.15) is 5.76 Å². The molecule has 1 aliphatic rings. The highest BCUT2D eigenvalue weighted by atomic mass is 127. The van der Waals surface area contributed by atoms with E-state index >= 15 is 0 Å². The van der Waals surface area contributed by atoms with Crippen LogP contribution in [0.25, 0.3) is 0 Å². The molecule has 3 unspecified atom stereocenters. The Morgan fingerprint density at radius 1 is 1.46 bits per heavy atom. The molecule has 1 heterocycles. The summed E-state index contributed by atoms with van der Waals surface area (Å²) in [7, 11) is 0.965. The van der Waals surface area contributed by atoms with Gasteiger partial charge in [0.05, 0.1) is 19.4 Å². The molecule has 0 saturated heterocycles. The lowest BCUT2D eigenvalue weighted by atomic mass is 9.95. The molecule has 0 radical (unpaired) electrons. The van der Waals surface area contributed by atoms with Crippen LogP contribution >= 0.6 is 24.0 Å². The summed E-state index contributed by atoms with van der Waals surface area (Å²) < 4.78 is 22.6. The molecule has 0 bridgehead atoms. The highest BCUT2D eigenvalue weighted by Crippen LogP contribution is 2.22. The first kappa shape index (κ1) is 23.4. The number of furan rings is 1. The first-order valence-corrected chi connectivity index (χ1v) is 10.5. The van der Waals surface area contributed by atoms with Crippen molar-refractivity contribution in [1.29, 1.82) is 0 Å². The monoisotopic (exact) mass is 497 g/mol. The van der Waals surface area contributed by atoms with Crippen molar-refractivity contribution < 1.29 is 13.4 Å². The summed E-state index contributed by atoms with van der Waals surface area (Å²) in [6.45, 7) is 3.96. The summed E-state index contributed by atoms with van der Waals surface area (Å²) in [5.41, 5.74) is 0. The van der Waals surface area contributed by atoms with Gasteiger partial charge in [-0.15, -0.1) is 24.0 Å². The van der Waals surface area contributed by atoms with Gasteiger partial charge in [-0.25, -0.2) is 0 Å². The van der Waals surface area contributed by atoms with Crippen molar-refractivity contribution in [3.05, 3.63) is 24.2 Å². The van der Waals surface area contributed by atoms with Gasteiger partial charge in [0.2, 0.25) is 0 Å². The van der Waals surface area contributed by atoms with E-state index in [1.165, 1.54) is 0 Å². The molecular formula is C18H32IN3O3S. The topological polar surface area (TPSA) is 75.9 Å². The Labute approximate surface area is 176 Å². The van der Waals surface area contributed by atoms with E-state index in [4.69, 9.17) is 9.15 Å². The molecule has 6 nitrogen and oxygen atoms in total. The number of nitrogens with one attached hydrogen (secondary N) is 2. The molecule has 0 spiro atoms. The molecule has 2 rings (SSSR count). The fourth-order valence-electron chi connectivity index (χ4n) is 3.10. The van der Waals surface area contributed by atoms with Gasteiger partial charge in [0, 0.05) is 47.9 Å². The van der Waals surface area contributed by atoms with Crippen LogP contribution in [0.4, 0.5) is 0 Å². The molecule has 0 aliphatic heterocycles. The lowest BCUT2D eigenvalue weighted by Crippen LogP contribution is -2.47. The van der Waals surface area contributed by atoms with Gasteiger partial charge in [-0.05, 0) is 31.4 Å². The summed E-state index contributed by atoms with van der Waals surface area (Å²) in [6.07, 6.45) is 6.74. The third-order valence-electron chi connectivity index (χ3n) is 4.43. The molecule has 0 amide bonds. The average molecular weight is 497 g/mol. The molecule has 1 aliphatic carbocycles. The maximum atomic E-state index is 12.1. The van der Waals surface area contributed by atoms with E-state index < -0.39 is 10.8 Å². The molecule has 0 aromatic carbocycles. The lowest BCUT2D eigenvalue weighted by molar-refractivity contribution is 0.207. The molecule has 8 heteroatoms. The number of hydrogen-bond donors (Lipinski definition) is 2. The van der Waals surface area contributed by atoms with Crippen LogP contribution in [-0.2, 0) is 22.0 Å². The molecule has 1 aromatic rings. The van der Waals surface area contributed by atoms with Crippen molar-refractivity contribution in [1.82, 2.24) is 10.6 Å². The Kier molecular flexibility index (Phi) is 12.2. The molecule has 150 valence electrons. The smallest absolute Gasteiger partial charge is 0.191 e. The van der Waals surface area contributed by atoms with Gasteiger partial charge in [0.15, 0.2) is 5.96 Å². The van der Waals surface area contributed by atoms with Crippen molar-refractivity contribution in [2.75, 3.05) is 32.6 Å². The van der Waals surface area contributed by atoms with E-state index in [0.29, 0.717) is 24.4 Å². The Hall–Kier alpha value is -0.610. The van der Waals surface area contributed by atoms with Gasteiger partial charge in [-0.3, -0.25) is 9.20 Å². The predicted octanol–water partition coefficient (Wildman–Crippen LogP) is 2.70. The van der Waals surface area contributed by atoms with Gasteiger partial charge in [-0.2, -0.15) is 0 Å². The second kappa shape index (κ2) is 13.5. The maximum Gasteiger partial charge on any atom is 0.191 e. The number of rotatable bonds is 9. The maximum absolute atomic E-state index is 12.1. The summed E-state index contributed by atoms with van der Waals surface area (Å²) in [5.74, 6) is 2.50. The Bertz CT molecular complexity index is 540. The van der Waals surface area contributed by atoms with Gasteiger partial charge in [0.25, 0.3) is 0 Å². The summed E-state index contributed by atoms with van der Waals surface area (Å²) >= 11 is 0. The predicted molar refractivity (Wildman–Crippen MR) is 118 cm³/mol. The zero-order chi connectivity index (χ0) is 17.9. The highest BCUT2D eigenvalue weighted by Gasteiger charge is 2.26. The van der Waals surface area contributed by atoms with Gasteiger partial charge in [-0.1, -0.05) is 13.3 Å². The van der Waals surface area contributed by atoms with Crippen LogP contribution in [0, 0.1) is 0 Å². The van der Waals surface area contributed by atoms with E-state index in [9.17, 15) is 4.21 Å². The molecule has 1 fully saturated rings. The van der Waals surface area contributed by atoms with Crippen LogP contribution in [0.1, 0.15) is 38.4 Å². The lowest BCUT2D eigenvalue weighted by Gasteiger charge is -2.30. The van der Waals surface area contributed by atoms with Crippen molar-refractivity contribution in [3.8, 4) is 0 Å². The van der Waals surface area contributed by atoms with E-state index in [0.717, 1.165) is 56.1 Å². The van der Waals surface area contributed by atoms with E-state index in [2.05, 4.69) is 15.6 Å². The number of methoxy groups -OCH3 is 1. The second-order valence-electron chi connectivity index (χ2n) is 6.28. The molecule has 2 N–H and O–H groups in total. The number of aliphatic imine (C=N–C) groups is 1. The standard InChI is InChI=1S/C18H31N3O3S.HI/c1-3-25(22)17-8-4-6-15(14-17)21-18(20-11-13-23-2)19-10-9-16-7-5-12-24-16;/h5,7,12,15,17H,3-4,6,8-11,13-14H2,1-2H3,(H2,19,20,21);1H. The number of halogens is 1. The largest absolute Gasteiger partial charge is 0.469 e. The van der Waals surface area contributed by atoms with Crippen molar-refractivity contribution in [2.24, 2.45) is 4.99 Å². The number of hydrogen-bond acceptors (Lipinski definition) is 4.